The first-order valence-electron chi connectivity index (χ1n) is 8.79. The van der Waals surface area contributed by atoms with Crippen LogP contribution in [0.15, 0.2) is 46.9 Å². The first-order valence-corrected chi connectivity index (χ1v) is 9.58. The first kappa shape index (κ1) is 22.0. The van der Waals surface area contributed by atoms with Crippen LogP contribution in [0.1, 0.15) is 55.6 Å². The molecule has 2 aromatic carbocycles. The molecule has 0 saturated heterocycles. The second kappa shape index (κ2) is 9.28. The minimum Gasteiger partial charge on any atom is -0.444 e. The second-order valence-electron chi connectivity index (χ2n) is 7.31. The average Bonchev–Trinajstić information content (AvgIpc) is 2.57. The zero-order valence-corrected chi connectivity index (χ0v) is 17.5. The normalized spacial score (nSPS) is 12.4. The summed E-state index contributed by atoms with van der Waals surface area (Å²) >= 11 is 3.34. The number of ether oxygens (including phenoxy) is 1. The molecule has 7 heteroatoms. The summed E-state index contributed by atoms with van der Waals surface area (Å²) in [6.45, 7) is 5.23. The Morgan fingerprint density at radius 2 is 1.64 bits per heavy atom. The SMILES string of the molecule is CC(C)(C)OC(=O)N[C@H](CCC(=O)c1c(F)cccc1F)c1ccc(Br)cc1. The number of amides is 1. The summed E-state index contributed by atoms with van der Waals surface area (Å²) in [4.78, 5) is 24.5. The lowest BCUT2D eigenvalue weighted by Gasteiger charge is -2.24. The number of hydrogen-bond acceptors (Lipinski definition) is 3. The molecule has 0 aliphatic heterocycles. The number of carbonyl (C=O) groups is 2. The van der Waals surface area contributed by atoms with Gasteiger partial charge in [-0.3, -0.25) is 4.79 Å². The van der Waals surface area contributed by atoms with E-state index in [1.165, 1.54) is 6.07 Å². The third-order valence-corrected chi connectivity index (χ3v) is 4.39. The van der Waals surface area contributed by atoms with Crippen molar-refractivity contribution in [1.29, 1.82) is 0 Å². The minimum absolute atomic E-state index is 0.144. The maximum atomic E-state index is 13.8. The van der Waals surface area contributed by atoms with Crippen molar-refractivity contribution < 1.29 is 23.1 Å². The molecule has 0 spiro atoms. The molecule has 1 N–H and O–H groups in total. The van der Waals surface area contributed by atoms with Crippen molar-refractivity contribution in [2.75, 3.05) is 0 Å². The third-order valence-electron chi connectivity index (χ3n) is 3.87. The lowest BCUT2D eigenvalue weighted by Crippen LogP contribution is -2.35. The van der Waals surface area contributed by atoms with E-state index in [1.807, 2.05) is 0 Å². The Kier molecular flexibility index (Phi) is 7.29. The Labute approximate surface area is 171 Å². The average molecular weight is 454 g/mol. The first-order chi connectivity index (χ1) is 13.1. The standard InChI is InChI=1S/C21H22BrF2NO3/c1-21(2,3)28-20(27)25-17(13-7-9-14(22)10-8-13)11-12-18(26)19-15(23)5-4-6-16(19)24/h4-10,17H,11-12H2,1-3H3,(H,25,27)/t17-/m1/s1. The van der Waals surface area contributed by atoms with E-state index in [0.717, 1.165) is 22.2 Å². The highest BCUT2D eigenvalue weighted by molar-refractivity contribution is 9.10. The minimum atomic E-state index is -0.898. The van der Waals surface area contributed by atoms with Gasteiger partial charge in [-0.05, 0) is 57.0 Å². The number of ketones is 1. The molecule has 0 aliphatic rings. The van der Waals surface area contributed by atoms with Gasteiger partial charge in [0.15, 0.2) is 5.78 Å². The van der Waals surface area contributed by atoms with E-state index in [1.54, 1.807) is 45.0 Å². The van der Waals surface area contributed by atoms with Gasteiger partial charge in [0.25, 0.3) is 0 Å². The van der Waals surface area contributed by atoms with Crippen molar-refractivity contribution in [1.82, 2.24) is 5.32 Å². The highest BCUT2D eigenvalue weighted by Gasteiger charge is 2.23. The molecule has 1 atom stereocenters. The quantitative estimate of drug-likeness (QED) is 0.549. The van der Waals surface area contributed by atoms with Crippen LogP contribution in [0.4, 0.5) is 13.6 Å². The summed E-state index contributed by atoms with van der Waals surface area (Å²) in [5, 5.41) is 2.73. The smallest absolute Gasteiger partial charge is 0.408 e. The number of alkyl carbamates (subject to hydrolysis) is 1. The number of hydrogen-bond donors (Lipinski definition) is 1. The molecule has 2 rings (SSSR count). The van der Waals surface area contributed by atoms with E-state index in [4.69, 9.17) is 4.74 Å². The fourth-order valence-electron chi connectivity index (χ4n) is 2.63. The molecule has 0 heterocycles. The molecule has 0 aliphatic carbocycles. The van der Waals surface area contributed by atoms with Crippen LogP contribution in [0.25, 0.3) is 0 Å². The van der Waals surface area contributed by atoms with Gasteiger partial charge in [-0.25, -0.2) is 13.6 Å². The third kappa shape index (κ3) is 6.41. The van der Waals surface area contributed by atoms with E-state index in [9.17, 15) is 18.4 Å². The zero-order chi connectivity index (χ0) is 20.9. The lowest BCUT2D eigenvalue weighted by molar-refractivity contribution is 0.0498. The van der Waals surface area contributed by atoms with Crippen molar-refractivity contribution in [3.05, 3.63) is 69.7 Å². The molecule has 0 fully saturated rings. The van der Waals surface area contributed by atoms with Crippen LogP contribution in [0.2, 0.25) is 0 Å². The second-order valence-corrected chi connectivity index (χ2v) is 8.22. The van der Waals surface area contributed by atoms with Crippen molar-refractivity contribution in [2.24, 2.45) is 0 Å². The van der Waals surface area contributed by atoms with Gasteiger partial charge >= 0.3 is 6.09 Å². The predicted molar refractivity (Wildman–Crippen MR) is 106 cm³/mol. The molecule has 0 aromatic heterocycles. The molecule has 1 amide bonds. The summed E-state index contributed by atoms with van der Waals surface area (Å²) in [6.07, 6.45) is -0.619. The van der Waals surface area contributed by atoms with Crippen molar-refractivity contribution >= 4 is 27.8 Å². The Morgan fingerprint density at radius 3 is 2.18 bits per heavy atom. The Balaban J connectivity index is 2.16. The van der Waals surface area contributed by atoms with E-state index in [0.29, 0.717) is 0 Å². The highest BCUT2D eigenvalue weighted by atomic mass is 79.9. The summed E-state index contributed by atoms with van der Waals surface area (Å²) in [6, 6.07) is 9.93. The Morgan fingerprint density at radius 1 is 1.07 bits per heavy atom. The van der Waals surface area contributed by atoms with Gasteiger partial charge in [-0.1, -0.05) is 34.1 Å². The summed E-state index contributed by atoms with van der Waals surface area (Å²) in [5.74, 6) is -2.46. The monoisotopic (exact) mass is 453 g/mol. The molecule has 0 radical (unpaired) electrons. The molecule has 0 unspecified atom stereocenters. The number of rotatable bonds is 6. The van der Waals surface area contributed by atoms with Crippen molar-refractivity contribution in [2.45, 2.75) is 45.3 Å². The van der Waals surface area contributed by atoms with Crippen LogP contribution in [0.3, 0.4) is 0 Å². The lowest BCUT2D eigenvalue weighted by atomic mass is 9.98. The van der Waals surface area contributed by atoms with Crippen molar-refractivity contribution in [3.8, 4) is 0 Å². The summed E-state index contributed by atoms with van der Waals surface area (Å²) in [7, 11) is 0. The van der Waals surface area contributed by atoms with Crippen LogP contribution in [-0.2, 0) is 4.74 Å². The van der Waals surface area contributed by atoms with Crippen LogP contribution in [-0.4, -0.2) is 17.5 Å². The number of nitrogens with one attached hydrogen (secondary N) is 1. The molecule has 4 nitrogen and oxygen atoms in total. The molecule has 2 aromatic rings. The van der Waals surface area contributed by atoms with Gasteiger partial charge in [-0.15, -0.1) is 0 Å². The Bertz CT molecular complexity index is 827. The number of carbonyl (C=O) groups excluding carboxylic acids is 2. The van der Waals surface area contributed by atoms with Gasteiger partial charge in [0.05, 0.1) is 11.6 Å². The van der Waals surface area contributed by atoms with E-state index in [2.05, 4.69) is 21.2 Å². The molecule has 0 bridgehead atoms. The van der Waals surface area contributed by atoms with Gasteiger partial charge in [-0.2, -0.15) is 0 Å². The largest absolute Gasteiger partial charge is 0.444 e. The van der Waals surface area contributed by atoms with E-state index in [-0.39, 0.29) is 12.8 Å². The summed E-state index contributed by atoms with van der Waals surface area (Å²) in [5.41, 5.74) is -0.495. The predicted octanol–water partition coefficient (Wildman–Crippen LogP) is 5.96. The van der Waals surface area contributed by atoms with Gasteiger partial charge in [0.1, 0.15) is 17.2 Å². The fourth-order valence-corrected chi connectivity index (χ4v) is 2.90. The maximum Gasteiger partial charge on any atom is 0.408 e. The highest BCUT2D eigenvalue weighted by Crippen LogP contribution is 2.24. The van der Waals surface area contributed by atoms with Crippen LogP contribution in [0, 0.1) is 11.6 Å². The van der Waals surface area contributed by atoms with Crippen LogP contribution < -0.4 is 5.32 Å². The fraction of sp³-hybridized carbons (Fsp3) is 0.333. The molecule has 28 heavy (non-hydrogen) atoms. The van der Waals surface area contributed by atoms with Crippen molar-refractivity contribution in [3.63, 3.8) is 0 Å². The van der Waals surface area contributed by atoms with E-state index >= 15 is 0 Å². The topological polar surface area (TPSA) is 55.4 Å². The summed E-state index contributed by atoms with van der Waals surface area (Å²) < 4.78 is 33.8. The van der Waals surface area contributed by atoms with Gasteiger partial charge < -0.3 is 10.1 Å². The molecule has 150 valence electrons. The molecular formula is C21H22BrF2NO3. The number of halogens is 3. The van der Waals surface area contributed by atoms with Gasteiger partial charge in [0, 0.05) is 10.9 Å². The van der Waals surface area contributed by atoms with Crippen LogP contribution >= 0.6 is 15.9 Å². The maximum absolute atomic E-state index is 13.8. The van der Waals surface area contributed by atoms with Crippen LogP contribution in [0.5, 0.6) is 0 Å². The van der Waals surface area contributed by atoms with Gasteiger partial charge in [0.2, 0.25) is 0 Å². The van der Waals surface area contributed by atoms with E-state index < -0.39 is 40.7 Å². The number of Topliss-reactive ketones (excluding diaryl/α,β-unsaturated/α-hetero) is 1. The number of benzene rings is 2. The zero-order valence-electron chi connectivity index (χ0n) is 15.9. The Hall–Kier alpha value is -2.28. The molecule has 0 saturated carbocycles. The molecular weight excluding hydrogens is 432 g/mol.